The van der Waals surface area contributed by atoms with Crippen LogP contribution in [0.15, 0.2) is 27.6 Å². The standard InChI is InChI=1S/C11H10BrF3O2S/c1-17-10(16)5-3-7-2-4-8(12)6-9(7)18-11(13,14)15/h2,4,6H,3,5H2,1H3. The van der Waals surface area contributed by atoms with E-state index < -0.39 is 11.5 Å². The van der Waals surface area contributed by atoms with Gasteiger partial charge in [0.2, 0.25) is 0 Å². The first-order valence-corrected chi connectivity index (χ1v) is 6.54. The smallest absolute Gasteiger partial charge is 0.446 e. The molecule has 0 aliphatic carbocycles. The van der Waals surface area contributed by atoms with Crippen molar-refractivity contribution in [2.24, 2.45) is 0 Å². The Morgan fingerprint density at radius 2 is 2.11 bits per heavy atom. The third kappa shape index (κ3) is 5.30. The molecule has 0 radical (unpaired) electrons. The second kappa shape index (κ2) is 6.47. The normalized spacial score (nSPS) is 11.4. The second-order valence-electron chi connectivity index (χ2n) is 3.38. The molecule has 0 saturated heterocycles. The van der Waals surface area contributed by atoms with Gasteiger partial charge in [-0.25, -0.2) is 0 Å². The van der Waals surface area contributed by atoms with Crippen molar-refractivity contribution in [3.8, 4) is 0 Å². The zero-order valence-electron chi connectivity index (χ0n) is 9.38. The summed E-state index contributed by atoms with van der Waals surface area (Å²) in [6, 6.07) is 4.61. The van der Waals surface area contributed by atoms with Gasteiger partial charge in [-0.05, 0) is 35.9 Å². The minimum absolute atomic E-state index is 0.0591. The van der Waals surface area contributed by atoms with Crippen molar-refractivity contribution in [3.63, 3.8) is 0 Å². The van der Waals surface area contributed by atoms with Crippen LogP contribution in [0.25, 0.3) is 0 Å². The maximum absolute atomic E-state index is 12.4. The molecule has 2 nitrogen and oxygen atoms in total. The molecule has 0 fully saturated rings. The highest BCUT2D eigenvalue weighted by molar-refractivity contribution is 9.10. The molecule has 1 rings (SSSR count). The van der Waals surface area contributed by atoms with Crippen LogP contribution >= 0.6 is 27.7 Å². The van der Waals surface area contributed by atoms with E-state index in [0.29, 0.717) is 10.0 Å². The monoisotopic (exact) mass is 342 g/mol. The summed E-state index contributed by atoms with van der Waals surface area (Å²) >= 11 is 2.94. The van der Waals surface area contributed by atoms with Crippen molar-refractivity contribution in [2.45, 2.75) is 23.2 Å². The van der Waals surface area contributed by atoms with Crippen LogP contribution in [0.5, 0.6) is 0 Å². The fraction of sp³-hybridized carbons (Fsp3) is 0.364. The molecule has 0 aromatic heterocycles. The van der Waals surface area contributed by atoms with E-state index in [1.807, 2.05) is 0 Å². The van der Waals surface area contributed by atoms with Gasteiger partial charge >= 0.3 is 11.5 Å². The summed E-state index contributed by atoms with van der Waals surface area (Å²) in [7, 11) is 1.25. The van der Waals surface area contributed by atoms with E-state index in [-0.39, 0.29) is 29.5 Å². The Morgan fingerprint density at radius 1 is 1.44 bits per heavy atom. The van der Waals surface area contributed by atoms with Crippen molar-refractivity contribution in [1.29, 1.82) is 0 Å². The van der Waals surface area contributed by atoms with Crippen molar-refractivity contribution in [2.75, 3.05) is 7.11 Å². The largest absolute Gasteiger partial charge is 0.469 e. The van der Waals surface area contributed by atoms with Crippen LogP contribution in [0.3, 0.4) is 0 Å². The SMILES string of the molecule is COC(=O)CCc1ccc(Br)cc1SC(F)(F)F. The molecule has 1 aromatic rings. The Balaban J connectivity index is 2.86. The number of ether oxygens (including phenoxy) is 1. The van der Waals surface area contributed by atoms with Crippen LogP contribution in [0.2, 0.25) is 0 Å². The Labute approximate surface area is 115 Å². The lowest BCUT2D eigenvalue weighted by atomic mass is 10.1. The van der Waals surface area contributed by atoms with Gasteiger partial charge in [-0.15, -0.1) is 0 Å². The molecule has 0 N–H and O–H groups in total. The van der Waals surface area contributed by atoms with E-state index in [1.54, 1.807) is 12.1 Å². The van der Waals surface area contributed by atoms with Gasteiger partial charge in [0.25, 0.3) is 0 Å². The number of esters is 1. The molecule has 0 amide bonds. The summed E-state index contributed by atoms with van der Waals surface area (Å²) in [5.74, 6) is -0.444. The predicted octanol–water partition coefficient (Wildman–Crippen LogP) is 4.17. The van der Waals surface area contributed by atoms with E-state index in [1.165, 1.54) is 13.2 Å². The quantitative estimate of drug-likeness (QED) is 0.606. The maximum Gasteiger partial charge on any atom is 0.446 e. The number of benzene rings is 1. The van der Waals surface area contributed by atoms with Crippen molar-refractivity contribution in [1.82, 2.24) is 0 Å². The molecule has 1 aromatic carbocycles. The molecule has 0 aliphatic rings. The topological polar surface area (TPSA) is 26.3 Å². The average molecular weight is 343 g/mol. The van der Waals surface area contributed by atoms with Crippen LogP contribution in [0.4, 0.5) is 13.2 Å². The fourth-order valence-corrected chi connectivity index (χ4v) is 2.54. The van der Waals surface area contributed by atoms with Gasteiger partial charge in [0.15, 0.2) is 0 Å². The lowest BCUT2D eigenvalue weighted by Gasteiger charge is -2.11. The lowest BCUT2D eigenvalue weighted by molar-refractivity contribution is -0.140. The first kappa shape index (κ1) is 15.4. The van der Waals surface area contributed by atoms with Crippen LogP contribution in [-0.4, -0.2) is 18.6 Å². The van der Waals surface area contributed by atoms with Gasteiger partial charge < -0.3 is 4.74 Å². The number of rotatable bonds is 4. The van der Waals surface area contributed by atoms with Crippen molar-refractivity contribution in [3.05, 3.63) is 28.2 Å². The molecule has 7 heteroatoms. The summed E-state index contributed by atoms with van der Waals surface area (Å²) in [4.78, 5) is 11.1. The number of halogens is 4. The van der Waals surface area contributed by atoms with E-state index in [0.717, 1.165) is 0 Å². The molecule has 0 unspecified atom stereocenters. The van der Waals surface area contributed by atoms with E-state index in [2.05, 4.69) is 20.7 Å². The molecule has 18 heavy (non-hydrogen) atoms. The number of thioether (sulfide) groups is 1. The molecule has 0 heterocycles. The number of hydrogen-bond acceptors (Lipinski definition) is 3. The average Bonchev–Trinajstić information content (AvgIpc) is 2.25. The Kier molecular flexibility index (Phi) is 5.52. The molecule has 0 saturated carbocycles. The van der Waals surface area contributed by atoms with Gasteiger partial charge in [0.1, 0.15) is 0 Å². The Hall–Kier alpha value is -0.690. The van der Waals surface area contributed by atoms with Crippen molar-refractivity contribution < 1.29 is 22.7 Å². The maximum atomic E-state index is 12.4. The Morgan fingerprint density at radius 3 is 2.67 bits per heavy atom. The lowest BCUT2D eigenvalue weighted by Crippen LogP contribution is -2.05. The van der Waals surface area contributed by atoms with E-state index in [4.69, 9.17) is 0 Å². The number of carbonyl (C=O) groups excluding carboxylic acids is 1. The summed E-state index contributed by atoms with van der Waals surface area (Å²) in [5.41, 5.74) is -3.87. The molecular weight excluding hydrogens is 333 g/mol. The van der Waals surface area contributed by atoms with Crippen LogP contribution in [-0.2, 0) is 16.0 Å². The number of carbonyl (C=O) groups is 1. The highest BCUT2D eigenvalue weighted by Crippen LogP contribution is 2.39. The van der Waals surface area contributed by atoms with Crippen molar-refractivity contribution >= 4 is 33.7 Å². The first-order chi connectivity index (χ1) is 8.31. The second-order valence-corrected chi connectivity index (χ2v) is 5.40. The third-order valence-corrected chi connectivity index (χ3v) is 3.41. The minimum Gasteiger partial charge on any atom is -0.469 e. The highest BCUT2D eigenvalue weighted by atomic mass is 79.9. The van der Waals surface area contributed by atoms with Gasteiger partial charge in [0.05, 0.1) is 7.11 Å². The van der Waals surface area contributed by atoms with Gasteiger partial charge in [-0.2, -0.15) is 13.2 Å². The van der Waals surface area contributed by atoms with Gasteiger partial charge in [0, 0.05) is 15.8 Å². The Bertz CT molecular complexity index is 435. The van der Waals surface area contributed by atoms with Gasteiger partial charge in [-0.3, -0.25) is 4.79 Å². The molecule has 0 aliphatic heterocycles. The summed E-state index contributed by atoms with van der Waals surface area (Å²) in [6.45, 7) is 0. The van der Waals surface area contributed by atoms with Crippen LogP contribution in [0.1, 0.15) is 12.0 Å². The zero-order chi connectivity index (χ0) is 13.8. The summed E-state index contributed by atoms with van der Waals surface area (Å²) in [5, 5.41) is 0. The number of alkyl halides is 3. The minimum atomic E-state index is -4.35. The predicted molar refractivity (Wildman–Crippen MR) is 66.4 cm³/mol. The van der Waals surface area contributed by atoms with Gasteiger partial charge in [-0.1, -0.05) is 22.0 Å². The molecular formula is C11H10BrF3O2S. The molecule has 0 bridgehead atoms. The molecule has 0 atom stereocenters. The fourth-order valence-electron chi connectivity index (χ4n) is 1.29. The number of aryl methyl sites for hydroxylation is 1. The zero-order valence-corrected chi connectivity index (χ0v) is 11.8. The first-order valence-electron chi connectivity index (χ1n) is 4.93. The molecule has 100 valence electrons. The number of hydrogen-bond donors (Lipinski definition) is 0. The van der Waals surface area contributed by atoms with Crippen LogP contribution in [0, 0.1) is 0 Å². The summed E-state index contributed by atoms with van der Waals surface area (Å²) in [6.07, 6.45) is 0.280. The van der Waals surface area contributed by atoms with E-state index >= 15 is 0 Å². The van der Waals surface area contributed by atoms with Crippen LogP contribution < -0.4 is 0 Å². The third-order valence-electron chi connectivity index (χ3n) is 2.08. The number of methoxy groups -OCH3 is 1. The molecule has 0 spiro atoms. The highest BCUT2D eigenvalue weighted by Gasteiger charge is 2.30. The summed E-state index contributed by atoms with van der Waals surface area (Å²) < 4.78 is 42.1. The van der Waals surface area contributed by atoms with E-state index in [9.17, 15) is 18.0 Å².